The van der Waals surface area contributed by atoms with Gasteiger partial charge in [0.05, 0.1) is 19.8 Å². The lowest BCUT2D eigenvalue weighted by atomic mass is 9.94. The summed E-state index contributed by atoms with van der Waals surface area (Å²) in [5, 5.41) is 27.4. The first-order valence-electron chi connectivity index (χ1n) is 12.0. The maximum atomic E-state index is 13.4. The molecule has 8 nitrogen and oxygen atoms in total. The third-order valence-electron chi connectivity index (χ3n) is 6.28. The van der Waals surface area contributed by atoms with Gasteiger partial charge in [0.15, 0.2) is 11.5 Å². The van der Waals surface area contributed by atoms with Gasteiger partial charge in [0.25, 0.3) is 5.91 Å². The minimum Gasteiger partial charge on any atom is -0.507 e. The second kappa shape index (κ2) is 10.4. The van der Waals surface area contributed by atoms with Gasteiger partial charge in [-0.05, 0) is 55.5 Å². The van der Waals surface area contributed by atoms with Gasteiger partial charge in [0, 0.05) is 24.3 Å². The number of hydrogen-bond donors (Lipinski definition) is 3. The molecule has 0 unspecified atom stereocenters. The fourth-order valence-electron chi connectivity index (χ4n) is 4.44. The Hall–Kier alpha value is -3.52. The van der Waals surface area contributed by atoms with Gasteiger partial charge in [-0.15, -0.1) is 0 Å². The van der Waals surface area contributed by atoms with Crippen molar-refractivity contribution >= 4 is 5.91 Å². The van der Waals surface area contributed by atoms with Crippen molar-refractivity contribution in [3.63, 3.8) is 0 Å². The SMILES string of the molecule is COc1cc([C@@H]2c3c(-c4cc(C)ccc4O)n[nH]c3C(=O)N2CCCO)ccc1OCCC(C)C. The molecule has 8 heteroatoms. The maximum Gasteiger partial charge on any atom is 0.273 e. The van der Waals surface area contributed by atoms with E-state index in [1.54, 1.807) is 18.1 Å². The van der Waals surface area contributed by atoms with E-state index in [-0.39, 0.29) is 18.3 Å². The highest BCUT2D eigenvalue weighted by molar-refractivity contribution is 6.00. The largest absolute Gasteiger partial charge is 0.507 e. The molecular weight excluding hydrogens is 446 g/mol. The lowest BCUT2D eigenvalue weighted by molar-refractivity contribution is 0.0732. The van der Waals surface area contributed by atoms with Crippen LogP contribution in [0, 0.1) is 12.8 Å². The molecule has 0 bridgehead atoms. The van der Waals surface area contributed by atoms with E-state index in [4.69, 9.17) is 9.47 Å². The highest BCUT2D eigenvalue weighted by atomic mass is 16.5. The Morgan fingerprint density at radius 1 is 1.17 bits per heavy atom. The molecular formula is C27H33N3O5. The minimum atomic E-state index is -0.462. The average molecular weight is 480 g/mol. The number of phenolic OH excluding ortho intramolecular Hbond substituents is 1. The molecule has 1 aromatic heterocycles. The number of aliphatic hydroxyl groups excluding tert-OH is 1. The summed E-state index contributed by atoms with van der Waals surface area (Å²) in [6.07, 6.45) is 1.37. The van der Waals surface area contributed by atoms with Crippen LogP contribution >= 0.6 is 0 Å². The number of ether oxygens (including phenoxy) is 2. The topological polar surface area (TPSA) is 108 Å². The lowest BCUT2D eigenvalue weighted by Gasteiger charge is -2.27. The number of aliphatic hydroxyl groups is 1. The summed E-state index contributed by atoms with van der Waals surface area (Å²) in [7, 11) is 1.59. The Morgan fingerprint density at radius 2 is 1.97 bits per heavy atom. The number of amides is 1. The highest BCUT2D eigenvalue weighted by Gasteiger charge is 2.42. The summed E-state index contributed by atoms with van der Waals surface area (Å²) in [6.45, 7) is 7.16. The number of aryl methyl sites for hydroxylation is 1. The Balaban J connectivity index is 1.79. The molecule has 0 saturated carbocycles. The summed E-state index contributed by atoms with van der Waals surface area (Å²) in [5.41, 5.74) is 3.98. The van der Waals surface area contributed by atoms with Crippen LogP contribution in [-0.4, -0.2) is 58.1 Å². The van der Waals surface area contributed by atoms with Crippen LogP contribution in [0.1, 0.15) is 59.9 Å². The van der Waals surface area contributed by atoms with Crippen molar-refractivity contribution in [3.05, 3.63) is 58.8 Å². The molecule has 3 aromatic rings. The Bertz CT molecular complexity index is 1200. The zero-order valence-electron chi connectivity index (χ0n) is 20.7. The second-order valence-corrected chi connectivity index (χ2v) is 9.30. The van der Waals surface area contributed by atoms with E-state index >= 15 is 0 Å². The lowest BCUT2D eigenvalue weighted by Crippen LogP contribution is -2.31. The molecule has 1 amide bonds. The van der Waals surface area contributed by atoms with Crippen molar-refractivity contribution in [1.82, 2.24) is 15.1 Å². The number of fused-ring (bicyclic) bond motifs is 1. The number of nitrogens with one attached hydrogen (secondary N) is 1. The first-order chi connectivity index (χ1) is 16.8. The molecule has 0 spiro atoms. The van der Waals surface area contributed by atoms with Gasteiger partial charge in [-0.1, -0.05) is 31.5 Å². The summed E-state index contributed by atoms with van der Waals surface area (Å²) in [4.78, 5) is 15.1. The number of rotatable bonds is 10. The monoisotopic (exact) mass is 479 g/mol. The number of carbonyl (C=O) groups excluding carboxylic acids is 1. The Morgan fingerprint density at radius 3 is 2.69 bits per heavy atom. The van der Waals surface area contributed by atoms with Gasteiger partial charge in [0.2, 0.25) is 0 Å². The summed E-state index contributed by atoms with van der Waals surface area (Å²) in [6, 6.07) is 10.5. The van der Waals surface area contributed by atoms with Crippen molar-refractivity contribution in [2.75, 3.05) is 26.9 Å². The van der Waals surface area contributed by atoms with E-state index in [1.165, 1.54) is 0 Å². The third kappa shape index (κ3) is 4.84. The van der Waals surface area contributed by atoms with Crippen LogP contribution in [0.4, 0.5) is 0 Å². The van der Waals surface area contributed by atoms with E-state index in [2.05, 4.69) is 24.0 Å². The number of H-pyrrole nitrogens is 1. The Kier molecular flexibility index (Phi) is 7.31. The molecule has 1 aliphatic rings. The number of methoxy groups -OCH3 is 1. The molecule has 3 N–H and O–H groups in total. The fourth-order valence-corrected chi connectivity index (χ4v) is 4.44. The van der Waals surface area contributed by atoms with Crippen LogP contribution < -0.4 is 9.47 Å². The Labute approximate surface area is 205 Å². The molecule has 0 fully saturated rings. The van der Waals surface area contributed by atoms with E-state index in [9.17, 15) is 15.0 Å². The van der Waals surface area contributed by atoms with Crippen molar-refractivity contribution in [3.8, 4) is 28.5 Å². The number of nitrogens with zero attached hydrogens (tertiary/aromatic N) is 2. The van der Waals surface area contributed by atoms with Gasteiger partial charge in [-0.2, -0.15) is 5.10 Å². The van der Waals surface area contributed by atoms with E-state index in [0.717, 1.165) is 17.5 Å². The molecule has 2 heterocycles. The van der Waals surface area contributed by atoms with Crippen LogP contribution in [0.2, 0.25) is 0 Å². The summed E-state index contributed by atoms with van der Waals surface area (Å²) >= 11 is 0. The third-order valence-corrected chi connectivity index (χ3v) is 6.28. The van der Waals surface area contributed by atoms with Crippen molar-refractivity contribution in [2.24, 2.45) is 5.92 Å². The molecule has 4 rings (SSSR count). The van der Waals surface area contributed by atoms with Crippen molar-refractivity contribution in [1.29, 1.82) is 0 Å². The van der Waals surface area contributed by atoms with Crippen molar-refractivity contribution in [2.45, 2.75) is 39.7 Å². The quantitative estimate of drug-likeness (QED) is 0.396. The minimum absolute atomic E-state index is 0.0276. The van der Waals surface area contributed by atoms with Crippen LogP contribution in [0.3, 0.4) is 0 Å². The predicted octanol–water partition coefficient (Wildman–Crippen LogP) is 4.45. The molecule has 35 heavy (non-hydrogen) atoms. The first-order valence-corrected chi connectivity index (χ1v) is 12.0. The number of phenols is 1. The van der Waals surface area contributed by atoms with Crippen molar-refractivity contribution < 1.29 is 24.5 Å². The highest BCUT2D eigenvalue weighted by Crippen LogP contribution is 2.46. The number of aromatic nitrogens is 2. The van der Waals surface area contributed by atoms with Crippen LogP contribution in [0.15, 0.2) is 36.4 Å². The van der Waals surface area contributed by atoms with Crippen LogP contribution in [0.5, 0.6) is 17.2 Å². The number of aromatic amines is 1. The van der Waals surface area contributed by atoms with Gasteiger partial charge in [0.1, 0.15) is 17.1 Å². The van der Waals surface area contributed by atoms with E-state index in [0.29, 0.717) is 59.5 Å². The van der Waals surface area contributed by atoms with Gasteiger partial charge in [-0.3, -0.25) is 9.89 Å². The number of benzene rings is 2. The first kappa shape index (κ1) is 24.6. The fraction of sp³-hybridized carbons (Fsp3) is 0.407. The number of hydrogen-bond acceptors (Lipinski definition) is 6. The molecule has 0 radical (unpaired) electrons. The van der Waals surface area contributed by atoms with Gasteiger partial charge >= 0.3 is 0 Å². The number of carbonyl (C=O) groups is 1. The molecule has 186 valence electrons. The summed E-state index contributed by atoms with van der Waals surface area (Å²) < 4.78 is 11.6. The average Bonchev–Trinajstić information content (AvgIpc) is 3.38. The smallest absolute Gasteiger partial charge is 0.273 e. The molecule has 2 aromatic carbocycles. The van der Waals surface area contributed by atoms with E-state index in [1.807, 2.05) is 37.3 Å². The zero-order chi connectivity index (χ0) is 25.1. The zero-order valence-corrected chi connectivity index (χ0v) is 20.7. The standard InChI is InChI=1S/C27H33N3O5/c1-16(2)10-13-35-21-9-7-18(15-22(21)34-4)26-23-24(19-14-17(3)6-8-20(19)32)28-29-25(23)27(33)30(26)11-5-12-31/h6-9,14-16,26,31-32H,5,10-13H2,1-4H3,(H,28,29)/t26-/m1/s1. The maximum absolute atomic E-state index is 13.4. The molecule has 1 aliphatic heterocycles. The van der Waals surface area contributed by atoms with Crippen LogP contribution in [-0.2, 0) is 0 Å². The predicted molar refractivity (Wildman–Crippen MR) is 133 cm³/mol. The normalized spacial score (nSPS) is 15.1. The van der Waals surface area contributed by atoms with Crippen LogP contribution in [0.25, 0.3) is 11.3 Å². The molecule has 1 atom stereocenters. The molecule has 0 saturated heterocycles. The molecule has 0 aliphatic carbocycles. The van der Waals surface area contributed by atoms with Gasteiger partial charge in [-0.25, -0.2) is 0 Å². The van der Waals surface area contributed by atoms with E-state index < -0.39 is 6.04 Å². The second-order valence-electron chi connectivity index (χ2n) is 9.30. The number of aromatic hydroxyl groups is 1. The van der Waals surface area contributed by atoms with Gasteiger partial charge < -0.3 is 24.6 Å². The summed E-state index contributed by atoms with van der Waals surface area (Å²) in [5.74, 6) is 1.66.